The van der Waals surface area contributed by atoms with E-state index in [0.717, 1.165) is 29.7 Å². The number of hydrogen-bond acceptors (Lipinski definition) is 6. The number of aryl methyl sites for hydroxylation is 2. The lowest BCUT2D eigenvalue weighted by atomic mass is 10.1. The monoisotopic (exact) mass is 565 g/mol. The standard InChI is InChI=1S/C28H28FN5O3S2/c1-19-7-5-8-20(2)26(19)34-27(21-9-6-10-24(17-21)39(36,37)33-15-3-4-16-33)31-32-28(34)38-18-25(35)30-23-13-11-22(29)12-14-23/h5-14,17H,3-4,15-16,18H2,1-2H3,(H-,30,35,36,37). The Kier molecular flexibility index (Phi) is 7.94. The molecule has 5 rings (SSSR count). The van der Waals surface area contributed by atoms with E-state index in [1.807, 2.05) is 42.7 Å². The number of amides is 1. The molecule has 0 spiro atoms. The van der Waals surface area contributed by atoms with Gasteiger partial charge in [0.05, 0.1) is 11.4 Å². The first-order valence-corrected chi connectivity index (χ1v) is 15.0. The second-order valence-corrected chi connectivity index (χ2v) is 12.2. The van der Waals surface area contributed by atoms with Crippen molar-refractivity contribution in [3.8, 4) is 17.1 Å². The van der Waals surface area contributed by atoms with E-state index in [0.29, 0.717) is 35.3 Å². The van der Waals surface area contributed by atoms with E-state index in [1.165, 1.54) is 40.3 Å². The molecule has 202 valence electrons. The number of benzene rings is 3. The van der Waals surface area contributed by atoms with Crippen molar-refractivity contribution in [2.75, 3.05) is 24.2 Å². The van der Waals surface area contributed by atoms with E-state index in [-0.39, 0.29) is 22.4 Å². The van der Waals surface area contributed by atoms with Crippen LogP contribution in [0.4, 0.5) is 10.1 Å². The van der Waals surface area contributed by atoms with Crippen molar-refractivity contribution in [3.63, 3.8) is 0 Å². The Balaban J connectivity index is 1.49. The fraction of sp³-hybridized carbons (Fsp3) is 0.250. The van der Waals surface area contributed by atoms with E-state index in [9.17, 15) is 17.9 Å². The third kappa shape index (κ3) is 5.81. The number of carbonyl (C=O) groups is 1. The highest BCUT2D eigenvalue weighted by Crippen LogP contribution is 2.34. The van der Waals surface area contributed by atoms with Gasteiger partial charge in [-0.05, 0) is 68.1 Å². The number of carbonyl (C=O) groups excluding carboxylic acids is 1. The van der Waals surface area contributed by atoms with Gasteiger partial charge in [-0.1, -0.05) is 46.3 Å². The van der Waals surface area contributed by atoms with Crippen LogP contribution < -0.4 is 5.32 Å². The minimum Gasteiger partial charge on any atom is -0.593 e. The lowest BCUT2D eigenvalue weighted by Gasteiger charge is -2.23. The molecule has 0 bridgehead atoms. The molecule has 1 aromatic heterocycles. The Morgan fingerprint density at radius 3 is 2.38 bits per heavy atom. The van der Waals surface area contributed by atoms with Gasteiger partial charge in [0, 0.05) is 30.4 Å². The van der Waals surface area contributed by atoms with Gasteiger partial charge in [0.25, 0.3) is 0 Å². The molecule has 1 N–H and O–H groups in total. The molecule has 39 heavy (non-hydrogen) atoms. The van der Waals surface area contributed by atoms with Gasteiger partial charge in [-0.15, -0.1) is 14.5 Å². The smallest absolute Gasteiger partial charge is 0.234 e. The minimum atomic E-state index is -3.62. The number of hydrogen-bond donors (Lipinski definition) is 1. The van der Waals surface area contributed by atoms with Crippen LogP contribution >= 0.6 is 11.8 Å². The maximum Gasteiger partial charge on any atom is 0.234 e. The Morgan fingerprint density at radius 2 is 1.69 bits per heavy atom. The van der Waals surface area contributed by atoms with Crippen molar-refractivity contribution < 1.29 is 17.9 Å². The van der Waals surface area contributed by atoms with Gasteiger partial charge >= 0.3 is 0 Å². The first-order chi connectivity index (χ1) is 18.7. The van der Waals surface area contributed by atoms with Crippen LogP contribution in [0, 0.1) is 19.7 Å². The minimum absolute atomic E-state index is 0.0455. The van der Waals surface area contributed by atoms with Crippen LogP contribution in [0.3, 0.4) is 0 Å². The Morgan fingerprint density at radius 1 is 1.03 bits per heavy atom. The number of sulfonamides is 1. The molecule has 1 aliphatic heterocycles. The fourth-order valence-electron chi connectivity index (χ4n) is 4.64. The zero-order valence-electron chi connectivity index (χ0n) is 21.6. The predicted octanol–water partition coefficient (Wildman–Crippen LogP) is 5.42. The van der Waals surface area contributed by atoms with E-state index in [2.05, 4.69) is 15.5 Å². The quantitative estimate of drug-likeness (QED) is 0.226. The predicted molar refractivity (Wildman–Crippen MR) is 150 cm³/mol. The molecule has 1 fully saturated rings. The molecule has 1 aliphatic rings. The summed E-state index contributed by atoms with van der Waals surface area (Å²) in [6.07, 6.45) is 1.71. The molecule has 8 nitrogen and oxygen atoms in total. The number of nitrogens with zero attached hydrogens (tertiary/aromatic N) is 4. The average Bonchev–Trinajstić information content (AvgIpc) is 3.60. The molecule has 0 radical (unpaired) electrons. The molecular weight excluding hydrogens is 537 g/mol. The highest BCUT2D eigenvalue weighted by molar-refractivity contribution is 7.99. The van der Waals surface area contributed by atoms with E-state index >= 15 is 0 Å². The number of aromatic nitrogens is 3. The first-order valence-electron chi connectivity index (χ1n) is 12.5. The van der Waals surface area contributed by atoms with Crippen molar-refractivity contribution >= 4 is 33.8 Å². The Hall–Kier alpha value is -3.38. The van der Waals surface area contributed by atoms with Crippen LogP contribution in [0.15, 0.2) is 76.8 Å². The van der Waals surface area contributed by atoms with Crippen molar-refractivity contribution in [2.24, 2.45) is 0 Å². The molecular formula is C28H28FN5O3S2. The summed E-state index contributed by atoms with van der Waals surface area (Å²) >= 11 is 1.21. The van der Waals surface area contributed by atoms with Crippen LogP contribution in [0.5, 0.6) is 0 Å². The van der Waals surface area contributed by atoms with Crippen molar-refractivity contribution in [1.82, 2.24) is 19.1 Å². The van der Waals surface area contributed by atoms with Crippen LogP contribution in [-0.4, -0.2) is 48.4 Å². The number of nitrogens with one attached hydrogen (secondary N) is 1. The molecule has 4 aromatic rings. The van der Waals surface area contributed by atoms with E-state index < -0.39 is 10.4 Å². The zero-order chi connectivity index (χ0) is 27.6. The summed E-state index contributed by atoms with van der Waals surface area (Å²) in [5.74, 6) is -0.131. The molecule has 3 aromatic carbocycles. The van der Waals surface area contributed by atoms with Crippen LogP contribution in [0.2, 0.25) is 0 Å². The third-order valence-corrected chi connectivity index (χ3v) is 9.38. The van der Waals surface area contributed by atoms with Gasteiger partial charge in [0.2, 0.25) is 5.91 Å². The summed E-state index contributed by atoms with van der Waals surface area (Å²) in [5.41, 5.74) is 3.93. The van der Waals surface area contributed by atoms with Gasteiger partial charge in [0.15, 0.2) is 26.3 Å². The third-order valence-electron chi connectivity index (χ3n) is 6.55. The summed E-state index contributed by atoms with van der Waals surface area (Å²) in [6.45, 7) is 5.00. The summed E-state index contributed by atoms with van der Waals surface area (Å²) in [4.78, 5) is 12.9. The van der Waals surface area contributed by atoms with Crippen molar-refractivity contribution in [1.29, 1.82) is 0 Å². The topological polar surface area (TPSA) is 103 Å². The summed E-state index contributed by atoms with van der Waals surface area (Å²) in [5, 5.41) is 12.1. The summed E-state index contributed by atoms with van der Waals surface area (Å²) in [6, 6.07) is 18.3. The number of halogens is 1. The number of anilines is 1. The normalized spacial score (nSPS) is 15.3. The lowest BCUT2D eigenvalue weighted by Crippen LogP contribution is -2.33. The molecule has 1 unspecified atom stereocenters. The van der Waals surface area contributed by atoms with Gasteiger partial charge < -0.3 is 9.87 Å². The second-order valence-electron chi connectivity index (χ2n) is 9.36. The second kappa shape index (κ2) is 11.4. The van der Waals surface area contributed by atoms with Crippen LogP contribution in [0.1, 0.15) is 24.0 Å². The van der Waals surface area contributed by atoms with Gasteiger partial charge in [-0.2, -0.15) is 0 Å². The highest BCUT2D eigenvalue weighted by atomic mass is 32.3. The maximum absolute atomic E-state index is 13.2. The molecule has 1 amide bonds. The average molecular weight is 566 g/mol. The molecule has 0 saturated carbocycles. The van der Waals surface area contributed by atoms with Gasteiger partial charge in [-0.25, -0.2) is 4.39 Å². The number of thioether (sulfide) groups is 1. The Labute approximate surface area is 232 Å². The van der Waals surface area contributed by atoms with E-state index in [4.69, 9.17) is 0 Å². The molecule has 0 aliphatic carbocycles. The van der Waals surface area contributed by atoms with Crippen molar-refractivity contribution in [2.45, 2.75) is 36.7 Å². The van der Waals surface area contributed by atoms with Crippen LogP contribution in [0.25, 0.3) is 17.1 Å². The molecule has 2 heterocycles. The first kappa shape index (κ1) is 27.2. The molecule has 1 atom stereocenters. The van der Waals surface area contributed by atoms with Crippen LogP contribution in [-0.2, 0) is 19.4 Å². The van der Waals surface area contributed by atoms with Gasteiger partial charge in [0.1, 0.15) is 5.82 Å². The summed E-state index contributed by atoms with van der Waals surface area (Å²) < 4.78 is 43.1. The summed E-state index contributed by atoms with van der Waals surface area (Å²) in [7, 11) is -3.62. The fourth-order valence-corrected chi connectivity index (χ4v) is 6.95. The maximum atomic E-state index is 13.2. The van der Waals surface area contributed by atoms with Gasteiger partial charge in [-0.3, -0.25) is 9.36 Å². The van der Waals surface area contributed by atoms with E-state index in [1.54, 1.807) is 18.2 Å². The Bertz CT molecular complexity index is 1530. The molecule has 11 heteroatoms. The lowest BCUT2D eigenvalue weighted by molar-refractivity contribution is -0.113. The highest BCUT2D eigenvalue weighted by Gasteiger charge is 2.33. The number of para-hydroxylation sites is 1. The molecule has 1 saturated heterocycles. The van der Waals surface area contributed by atoms with Crippen molar-refractivity contribution in [3.05, 3.63) is 83.7 Å². The number of rotatable bonds is 8. The zero-order valence-corrected chi connectivity index (χ0v) is 23.2. The largest absolute Gasteiger partial charge is 0.593 e. The SMILES string of the molecule is Cc1cccc(C)c1-n1c(SCC(=O)Nc2ccc(F)cc2)nnc1-c1cccc([S+](=O)([O-])N2CCCC2)c1.